The fourth-order valence-corrected chi connectivity index (χ4v) is 2.50. The van der Waals surface area contributed by atoms with Crippen molar-refractivity contribution in [2.24, 2.45) is 11.8 Å². The first-order valence-corrected chi connectivity index (χ1v) is 7.39. The minimum atomic E-state index is -0.275. The Bertz CT molecular complexity index is 439. The molecule has 0 saturated heterocycles. The highest BCUT2D eigenvalue weighted by atomic mass is 16.5. The summed E-state index contributed by atoms with van der Waals surface area (Å²) in [5, 5.41) is 0. The summed E-state index contributed by atoms with van der Waals surface area (Å²) in [7, 11) is 0. The number of ether oxygens (including phenoxy) is 1. The monoisotopic (exact) mass is 291 g/mol. The molecule has 0 aliphatic carbocycles. The molecule has 116 valence electrons. The number of hydrogen-bond donors (Lipinski definition) is 0. The maximum atomic E-state index is 12.6. The molecule has 0 aromatic carbocycles. The maximum absolute atomic E-state index is 12.6. The van der Waals surface area contributed by atoms with Crippen LogP contribution < -0.4 is 0 Å². The predicted octanol–water partition coefficient (Wildman–Crippen LogP) is 3.07. The Morgan fingerprint density at radius 3 is 2.81 bits per heavy atom. The summed E-state index contributed by atoms with van der Waals surface area (Å²) in [4.78, 5) is 25.6. The number of nitrogens with zero attached hydrogens (tertiary/aromatic N) is 1. The van der Waals surface area contributed by atoms with Crippen LogP contribution in [0, 0.1) is 11.8 Å². The van der Waals surface area contributed by atoms with E-state index >= 15 is 0 Å². The first-order chi connectivity index (χ1) is 9.99. The van der Waals surface area contributed by atoms with Gasteiger partial charge in [0, 0.05) is 18.7 Å². The van der Waals surface area contributed by atoms with Crippen molar-refractivity contribution in [3.63, 3.8) is 0 Å². The first-order valence-electron chi connectivity index (χ1n) is 7.39. The molecule has 0 radical (unpaired) electrons. The van der Waals surface area contributed by atoms with Crippen LogP contribution in [0.4, 0.5) is 0 Å². The van der Waals surface area contributed by atoms with E-state index in [9.17, 15) is 9.59 Å². The van der Waals surface area contributed by atoms with Gasteiger partial charge in [-0.05, 0) is 32.6 Å². The Morgan fingerprint density at radius 2 is 2.24 bits per heavy atom. The summed E-state index contributed by atoms with van der Waals surface area (Å²) >= 11 is 0. The maximum Gasteiger partial charge on any atom is 0.307 e. The van der Waals surface area contributed by atoms with E-state index in [1.54, 1.807) is 18.0 Å². The Morgan fingerprint density at radius 1 is 1.52 bits per heavy atom. The third kappa shape index (κ3) is 5.21. The summed E-state index contributed by atoms with van der Waals surface area (Å²) in [5.41, 5.74) is 0.989. The SMILES string of the molecule is C=CC[C@H]1C=CN(CCC(=O)OCC)C(=O)[C@@H]1CC(=C)C. The average Bonchev–Trinajstić information content (AvgIpc) is 2.42. The van der Waals surface area contributed by atoms with Crippen molar-refractivity contribution in [3.8, 4) is 0 Å². The second-order valence-electron chi connectivity index (χ2n) is 5.38. The standard InChI is InChI=1S/C17H25NO3/c1-5-7-14-8-10-18(11-9-16(19)21-6-2)17(20)15(14)12-13(3)4/h5,8,10,14-15H,1,3,6-7,9,11-12H2,2,4H3/t14-,15+/m0/s1. The second kappa shape index (κ2) is 8.45. The molecule has 0 N–H and O–H groups in total. The highest BCUT2D eigenvalue weighted by molar-refractivity contribution is 5.82. The first kappa shape index (κ1) is 17.2. The van der Waals surface area contributed by atoms with E-state index in [0.717, 1.165) is 12.0 Å². The van der Waals surface area contributed by atoms with Crippen LogP contribution in [-0.2, 0) is 14.3 Å². The van der Waals surface area contributed by atoms with E-state index in [1.807, 2.05) is 19.1 Å². The molecule has 0 aromatic rings. The molecule has 21 heavy (non-hydrogen) atoms. The summed E-state index contributed by atoms with van der Waals surface area (Å²) in [6.07, 6.45) is 7.30. The van der Waals surface area contributed by atoms with Crippen molar-refractivity contribution in [2.75, 3.05) is 13.2 Å². The zero-order chi connectivity index (χ0) is 15.8. The molecule has 4 nitrogen and oxygen atoms in total. The van der Waals surface area contributed by atoms with Crippen molar-refractivity contribution in [1.82, 2.24) is 4.90 Å². The minimum absolute atomic E-state index is 0.0525. The van der Waals surface area contributed by atoms with Crippen molar-refractivity contribution in [1.29, 1.82) is 0 Å². The molecular formula is C17H25NO3. The molecule has 2 atom stereocenters. The van der Waals surface area contributed by atoms with Gasteiger partial charge in [-0.3, -0.25) is 9.59 Å². The molecule has 0 saturated carbocycles. The zero-order valence-corrected chi connectivity index (χ0v) is 13.0. The van der Waals surface area contributed by atoms with Crippen LogP contribution in [0.5, 0.6) is 0 Å². The van der Waals surface area contributed by atoms with Crippen LogP contribution in [0.25, 0.3) is 0 Å². The summed E-state index contributed by atoms with van der Waals surface area (Å²) in [5.74, 6) is -0.182. The molecule has 1 aliphatic rings. The van der Waals surface area contributed by atoms with Gasteiger partial charge in [-0.1, -0.05) is 17.7 Å². The molecule has 0 aromatic heterocycles. The topological polar surface area (TPSA) is 46.6 Å². The number of allylic oxidation sites excluding steroid dienone is 3. The molecule has 0 spiro atoms. The summed E-state index contributed by atoms with van der Waals surface area (Å²) in [6, 6.07) is 0. The van der Waals surface area contributed by atoms with Gasteiger partial charge in [-0.25, -0.2) is 0 Å². The molecule has 1 amide bonds. The smallest absolute Gasteiger partial charge is 0.307 e. The third-order valence-corrected chi connectivity index (χ3v) is 3.50. The number of carbonyl (C=O) groups is 2. The predicted molar refractivity (Wildman–Crippen MR) is 83.3 cm³/mol. The van der Waals surface area contributed by atoms with E-state index in [2.05, 4.69) is 13.2 Å². The van der Waals surface area contributed by atoms with Gasteiger partial charge >= 0.3 is 5.97 Å². The van der Waals surface area contributed by atoms with E-state index in [1.165, 1.54) is 0 Å². The Labute approximate surface area is 127 Å². The fraction of sp³-hybridized carbons (Fsp3) is 0.529. The minimum Gasteiger partial charge on any atom is -0.466 e. The van der Waals surface area contributed by atoms with Crippen LogP contribution in [0.15, 0.2) is 37.1 Å². The van der Waals surface area contributed by atoms with Gasteiger partial charge in [-0.15, -0.1) is 13.2 Å². The van der Waals surface area contributed by atoms with Crippen LogP contribution in [0.1, 0.15) is 33.1 Å². The third-order valence-electron chi connectivity index (χ3n) is 3.50. The van der Waals surface area contributed by atoms with Crippen LogP contribution in [-0.4, -0.2) is 29.9 Å². The van der Waals surface area contributed by atoms with Gasteiger partial charge in [0.05, 0.1) is 13.0 Å². The van der Waals surface area contributed by atoms with Crippen molar-refractivity contribution >= 4 is 11.9 Å². The Kier molecular flexibility index (Phi) is 6.92. The van der Waals surface area contributed by atoms with Crippen LogP contribution >= 0.6 is 0 Å². The quantitative estimate of drug-likeness (QED) is 0.510. The van der Waals surface area contributed by atoms with E-state index in [4.69, 9.17) is 4.74 Å². The summed E-state index contributed by atoms with van der Waals surface area (Å²) in [6.45, 7) is 12.1. The number of amides is 1. The van der Waals surface area contributed by atoms with Crippen LogP contribution in [0.2, 0.25) is 0 Å². The highest BCUT2D eigenvalue weighted by Gasteiger charge is 2.32. The van der Waals surface area contributed by atoms with Gasteiger partial charge in [-0.2, -0.15) is 0 Å². The lowest BCUT2D eigenvalue weighted by Crippen LogP contribution is -2.40. The fourth-order valence-electron chi connectivity index (χ4n) is 2.50. The molecule has 1 rings (SSSR count). The Balaban J connectivity index is 2.72. The summed E-state index contributed by atoms with van der Waals surface area (Å²) < 4.78 is 4.89. The van der Waals surface area contributed by atoms with E-state index in [0.29, 0.717) is 19.6 Å². The molecule has 0 bridgehead atoms. The lowest BCUT2D eigenvalue weighted by Gasteiger charge is -2.33. The highest BCUT2D eigenvalue weighted by Crippen LogP contribution is 2.30. The van der Waals surface area contributed by atoms with Crippen molar-refractivity contribution < 1.29 is 14.3 Å². The van der Waals surface area contributed by atoms with Crippen molar-refractivity contribution in [2.45, 2.75) is 33.1 Å². The number of esters is 1. The molecule has 0 unspecified atom stereocenters. The van der Waals surface area contributed by atoms with E-state index in [-0.39, 0.29) is 30.1 Å². The van der Waals surface area contributed by atoms with Gasteiger partial charge < -0.3 is 9.64 Å². The van der Waals surface area contributed by atoms with Gasteiger partial charge in [0.1, 0.15) is 0 Å². The van der Waals surface area contributed by atoms with Gasteiger partial charge in [0.25, 0.3) is 0 Å². The molecular weight excluding hydrogens is 266 g/mol. The number of rotatable bonds is 8. The molecule has 0 fully saturated rings. The second-order valence-corrected chi connectivity index (χ2v) is 5.38. The van der Waals surface area contributed by atoms with Crippen LogP contribution in [0.3, 0.4) is 0 Å². The molecule has 4 heteroatoms. The number of hydrogen-bond acceptors (Lipinski definition) is 3. The largest absolute Gasteiger partial charge is 0.466 e. The van der Waals surface area contributed by atoms with E-state index < -0.39 is 0 Å². The number of carbonyl (C=O) groups excluding carboxylic acids is 2. The Hall–Kier alpha value is -1.84. The lowest BCUT2D eigenvalue weighted by atomic mass is 9.82. The normalized spacial score (nSPS) is 21.2. The molecule has 1 aliphatic heterocycles. The van der Waals surface area contributed by atoms with Gasteiger partial charge in [0.2, 0.25) is 5.91 Å². The average molecular weight is 291 g/mol. The lowest BCUT2D eigenvalue weighted by molar-refractivity contribution is -0.144. The van der Waals surface area contributed by atoms with Crippen molar-refractivity contribution in [3.05, 3.63) is 37.1 Å². The van der Waals surface area contributed by atoms with Gasteiger partial charge in [0.15, 0.2) is 0 Å². The zero-order valence-electron chi connectivity index (χ0n) is 13.0. The molecule has 1 heterocycles.